The van der Waals surface area contributed by atoms with Gasteiger partial charge >= 0.3 is 0 Å². The van der Waals surface area contributed by atoms with Crippen LogP contribution in [0, 0.1) is 0 Å². The summed E-state index contributed by atoms with van der Waals surface area (Å²) in [5, 5.41) is 2.24. The monoisotopic (exact) mass is 805 g/mol. The number of nitrogens with zero attached hydrogens (tertiary/aromatic N) is 5. The summed E-state index contributed by atoms with van der Waals surface area (Å²) in [5.74, 6) is -0.348. The fraction of sp³-hybridized carbons (Fsp3) is 0.317. The van der Waals surface area contributed by atoms with Crippen LogP contribution in [-0.4, -0.2) is 101 Å². The molecule has 14 heteroatoms. The molecule has 5 amide bonds. The van der Waals surface area contributed by atoms with Crippen LogP contribution in [0.3, 0.4) is 0 Å². The number of benzene rings is 3. The van der Waals surface area contributed by atoms with E-state index in [0.717, 1.165) is 79.7 Å². The van der Waals surface area contributed by atoms with Crippen molar-refractivity contribution in [1.29, 1.82) is 0 Å². The summed E-state index contributed by atoms with van der Waals surface area (Å²) in [6.07, 6.45) is 2.16. The van der Waals surface area contributed by atoms with Gasteiger partial charge in [0.2, 0.25) is 11.8 Å². The number of rotatable bonds is 9. The predicted octanol–water partition coefficient (Wildman–Crippen LogP) is 4.59. The number of primary amides is 1. The number of imide groups is 2. The Bertz CT molecular complexity index is 2170. The van der Waals surface area contributed by atoms with Crippen LogP contribution in [-0.2, 0) is 16.1 Å². The lowest BCUT2D eigenvalue weighted by Crippen LogP contribution is -2.54. The average molecular weight is 807 g/mol. The number of nitrogens with one attached hydrogen (secondary N) is 1. The summed E-state index contributed by atoms with van der Waals surface area (Å²) in [6, 6.07) is 23.8. The first-order valence-corrected chi connectivity index (χ1v) is 19.3. The molecule has 3 aromatic carbocycles. The number of piperidine rings is 2. The summed E-state index contributed by atoms with van der Waals surface area (Å²) in [5.41, 5.74) is 8.91. The van der Waals surface area contributed by atoms with E-state index in [1.54, 1.807) is 12.1 Å². The summed E-state index contributed by atoms with van der Waals surface area (Å²) in [4.78, 5) is 76.3. The molecular weight excluding hydrogens is 766 g/mol. The zero-order chi connectivity index (χ0) is 38.2. The highest BCUT2D eigenvalue weighted by molar-refractivity contribution is 9.10. The first-order chi connectivity index (χ1) is 26.6. The maximum Gasteiger partial charge on any atom is 0.263 e. The number of para-hydroxylation sites is 1. The molecule has 0 spiro atoms. The number of nitrogens with two attached hydrogens (primary N) is 1. The van der Waals surface area contributed by atoms with Gasteiger partial charge in [0, 0.05) is 68.3 Å². The molecule has 0 bridgehead atoms. The van der Waals surface area contributed by atoms with Gasteiger partial charge in [0.1, 0.15) is 23.4 Å². The van der Waals surface area contributed by atoms with E-state index < -0.39 is 35.6 Å². The fourth-order valence-corrected chi connectivity index (χ4v) is 8.73. The lowest BCUT2D eigenvalue weighted by Gasteiger charge is -2.43. The smallest absolute Gasteiger partial charge is 0.263 e. The van der Waals surface area contributed by atoms with Crippen molar-refractivity contribution in [3.63, 3.8) is 0 Å². The van der Waals surface area contributed by atoms with E-state index in [1.807, 2.05) is 66.7 Å². The molecule has 1 unspecified atom stereocenters. The molecule has 3 saturated heterocycles. The van der Waals surface area contributed by atoms with E-state index >= 15 is 0 Å². The third-order valence-corrected chi connectivity index (χ3v) is 11.5. The molecule has 55 heavy (non-hydrogen) atoms. The quantitative estimate of drug-likeness (QED) is 0.229. The maximum atomic E-state index is 13.4. The summed E-state index contributed by atoms with van der Waals surface area (Å²) >= 11 is 3.51. The van der Waals surface area contributed by atoms with Crippen molar-refractivity contribution in [2.75, 3.05) is 44.2 Å². The van der Waals surface area contributed by atoms with Crippen molar-refractivity contribution < 1.29 is 28.7 Å². The highest BCUT2D eigenvalue weighted by Gasteiger charge is 2.45. The number of carbonyl (C=O) groups is 5. The number of carbonyl (C=O) groups excluding carboxylic acids is 5. The topological polar surface area (TPSA) is 158 Å². The lowest BCUT2D eigenvalue weighted by atomic mass is 10.0. The van der Waals surface area contributed by atoms with E-state index in [9.17, 15) is 24.0 Å². The average Bonchev–Trinajstić information content (AvgIpc) is 3.44. The molecule has 3 fully saturated rings. The molecule has 0 saturated carbocycles. The van der Waals surface area contributed by atoms with Gasteiger partial charge in [-0.3, -0.25) is 44.0 Å². The third kappa shape index (κ3) is 7.49. The van der Waals surface area contributed by atoms with Crippen molar-refractivity contribution in [2.45, 2.75) is 44.3 Å². The van der Waals surface area contributed by atoms with E-state index in [1.165, 1.54) is 0 Å². The number of amides is 5. The minimum absolute atomic E-state index is 0.0775. The Morgan fingerprint density at radius 3 is 2.24 bits per heavy atom. The largest absolute Gasteiger partial charge is 0.457 e. The molecule has 3 N–H and O–H groups in total. The van der Waals surface area contributed by atoms with E-state index in [0.29, 0.717) is 34.1 Å². The number of pyridine rings is 1. The number of halogens is 1. The van der Waals surface area contributed by atoms with Gasteiger partial charge in [-0.25, -0.2) is 4.98 Å². The highest BCUT2D eigenvalue weighted by atomic mass is 79.9. The Morgan fingerprint density at radius 1 is 0.836 bits per heavy atom. The molecule has 4 aliphatic rings. The van der Waals surface area contributed by atoms with Crippen molar-refractivity contribution >= 4 is 51.3 Å². The van der Waals surface area contributed by atoms with E-state index in [2.05, 4.69) is 35.9 Å². The van der Waals surface area contributed by atoms with Crippen molar-refractivity contribution in [3.05, 3.63) is 106 Å². The van der Waals surface area contributed by atoms with Gasteiger partial charge in [-0.1, -0.05) is 18.2 Å². The maximum absolute atomic E-state index is 13.4. The zero-order valence-corrected chi connectivity index (χ0v) is 31.7. The lowest BCUT2D eigenvalue weighted by molar-refractivity contribution is -0.136. The molecule has 0 aliphatic carbocycles. The number of piperazine rings is 1. The minimum Gasteiger partial charge on any atom is -0.457 e. The molecular formula is C41H40BrN7O6. The van der Waals surface area contributed by atoms with Gasteiger partial charge in [-0.05, 0) is 101 Å². The number of aromatic nitrogens is 1. The van der Waals surface area contributed by atoms with Crippen LogP contribution in [0.5, 0.6) is 11.5 Å². The van der Waals surface area contributed by atoms with Crippen molar-refractivity contribution in [1.82, 2.24) is 25.0 Å². The Balaban J connectivity index is 0.862. The Morgan fingerprint density at radius 2 is 1.55 bits per heavy atom. The molecule has 4 aromatic rings. The molecule has 1 atom stereocenters. The van der Waals surface area contributed by atoms with Crippen LogP contribution < -0.4 is 20.7 Å². The molecule has 8 rings (SSSR count). The normalized spacial score (nSPS) is 19.8. The van der Waals surface area contributed by atoms with Crippen LogP contribution in [0.15, 0.2) is 83.3 Å². The van der Waals surface area contributed by atoms with E-state index in [-0.39, 0.29) is 24.0 Å². The molecule has 4 aliphatic heterocycles. The number of hydrogen-bond acceptors (Lipinski definition) is 10. The Kier molecular flexibility index (Phi) is 10.2. The standard InChI is InChI=1S/C41H40BrN7O6/c42-32-23-25(22-31-36(32)41(54)49(40(31)53)33-11-13-35(50)45-39(33)52)24-46-18-20-47(21-19-46)27-14-16-48(17-15-27)34-12-10-30(38(43)51)37(44-34)26-6-8-29(9-7-26)55-28-4-2-1-3-5-28/h1-10,12,22-23,27,33H,11,13-21,24H2,(H2,43,51)(H,45,50,52). The van der Waals surface area contributed by atoms with Gasteiger partial charge < -0.3 is 15.4 Å². The van der Waals surface area contributed by atoms with Crippen molar-refractivity contribution in [3.8, 4) is 22.8 Å². The third-order valence-electron chi connectivity index (χ3n) is 10.9. The number of ether oxygens (including phenoxy) is 1. The zero-order valence-electron chi connectivity index (χ0n) is 30.1. The molecule has 13 nitrogen and oxygen atoms in total. The van der Waals surface area contributed by atoms with Crippen LogP contribution in [0.1, 0.15) is 62.3 Å². The fourth-order valence-electron chi connectivity index (χ4n) is 8.05. The van der Waals surface area contributed by atoms with E-state index in [4.69, 9.17) is 15.5 Å². The van der Waals surface area contributed by atoms with Gasteiger partial charge in [-0.15, -0.1) is 0 Å². The van der Waals surface area contributed by atoms with Crippen molar-refractivity contribution in [2.24, 2.45) is 5.73 Å². The van der Waals surface area contributed by atoms with Gasteiger partial charge in [0.25, 0.3) is 17.7 Å². The molecule has 1 aromatic heterocycles. The number of hydrogen-bond donors (Lipinski definition) is 2. The van der Waals surface area contributed by atoms with Crippen LogP contribution in [0.2, 0.25) is 0 Å². The van der Waals surface area contributed by atoms with Crippen LogP contribution in [0.25, 0.3) is 11.3 Å². The second-order valence-corrected chi connectivity index (χ2v) is 15.2. The predicted molar refractivity (Wildman–Crippen MR) is 208 cm³/mol. The first-order valence-electron chi connectivity index (χ1n) is 18.5. The first kappa shape index (κ1) is 36.5. The minimum atomic E-state index is -0.999. The highest BCUT2D eigenvalue weighted by Crippen LogP contribution is 2.35. The Labute approximate surface area is 326 Å². The van der Waals surface area contributed by atoms with Gasteiger partial charge in [0.05, 0.1) is 22.4 Å². The van der Waals surface area contributed by atoms with Crippen LogP contribution >= 0.6 is 15.9 Å². The second-order valence-electron chi connectivity index (χ2n) is 14.3. The summed E-state index contributed by atoms with van der Waals surface area (Å²) < 4.78 is 6.46. The van der Waals surface area contributed by atoms with Crippen LogP contribution in [0.4, 0.5) is 5.82 Å². The second kappa shape index (κ2) is 15.4. The molecule has 282 valence electrons. The number of anilines is 1. The van der Waals surface area contributed by atoms with Gasteiger partial charge in [0.15, 0.2) is 0 Å². The SMILES string of the molecule is NC(=O)c1ccc(N2CCC(N3CCN(Cc4cc(Br)c5c(c4)C(=O)N(C4CCC(=O)NC4=O)C5=O)CC3)CC2)nc1-c1ccc(Oc2ccccc2)cc1. The number of fused-ring (bicyclic) bond motifs is 1. The molecule has 5 heterocycles. The summed E-state index contributed by atoms with van der Waals surface area (Å²) in [6.45, 7) is 5.84. The molecule has 0 radical (unpaired) electrons. The summed E-state index contributed by atoms with van der Waals surface area (Å²) in [7, 11) is 0. The van der Waals surface area contributed by atoms with Gasteiger partial charge in [-0.2, -0.15) is 0 Å². The Hall–Kier alpha value is -5.44.